The van der Waals surface area contributed by atoms with Crippen molar-refractivity contribution in [1.82, 2.24) is 0 Å². The van der Waals surface area contributed by atoms with E-state index in [1.165, 1.54) is 6.26 Å². The summed E-state index contributed by atoms with van der Waals surface area (Å²) < 4.78 is 16.0. The highest BCUT2D eigenvalue weighted by Gasteiger charge is 2.15. The molecule has 0 aromatic heterocycles. The third kappa shape index (κ3) is 3.96. The topological polar surface area (TPSA) is 56.8 Å². The maximum absolute atomic E-state index is 12.0. The van der Waals surface area contributed by atoms with E-state index in [0.717, 1.165) is 0 Å². The average molecular weight is 332 g/mol. The second kappa shape index (κ2) is 7.07. The first kappa shape index (κ1) is 15.2. The van der Waals surface area contributed by atoms with Crippen LogP contribution in [0, 0.1) is 0 Å². The van der Waals surface area contributed by atoms with Crippen molar-refractivity contribution >= 4 is 23.2 Å². The molecular formula is C17H14ClNO4. The van der Waals surface area contributed by atoms with Crippen molar-refractivity contribution in [3.05, 3.63) is 65.6 Å². The van der Waals surface area contributed by atoms with Gasteiger partial charge in [0.2, 0.25) is 5.76 Å². The number of carbonyl (C=O) groups excluding carboxylic acids is 1. The number of halogens is 1. The number of anilines is 1. The fourth-order valence-corrected chi connectivity index (χ4v) is 2.12. The van der Waals surface area contributed by atoms with E-state index in [1.807, 2.05) is 12.1 Å². The Kier molecular flexibility index (Phi) is 4.68. The second-order valence-corrected chi connectivity index (χ2v) is 5.12. The van der Waals surface area contributed by atoms with Gasteiger partial charge in [-0.05, 0) is 36.4 Å². The number of carbonyl (C=O) groups is 1. The van der Waals surface area contributed by atoms with E-state index in [4.69, 9.17) is 25.8 Å². The highest BCUT2D eigenvalue weighted by atomic mass is 35.5. The van der Waals surface area contributed by atoms with Gasteiger partial charge in [-0.25, -0.2) is 0 Å². The maximum Gasteiger partial charge on any atom is 0.294 e. The van der Waals surface area contributed by atoms with Crippen LogP contribution in [-0.2, 0) is 14.3 Å². The van der Waals surface area contributed by atoms with Gasteiger partial charge in [0.05, 0.1) is 5.02 Å². The first-order chi connectivity index (χ1) is 11.2. The molecule has 0 atom stereocenters. The Labute approximate surface area is 138 Å². The molecule has 2 aromatic carbocycles. The summed E-state index contributed by atoms with van der Waals surface area (Å²) >= 11 is 6.05. The molecule has 0 saturated heterocycles. The van der Waals surface area contributed by atoms with Crippen molar-refractivity contribution in [3.8, 4) is 11.5 Å². The van der Waals surface area contributed by atoms with Gasteiger partial charge >= 0.3 is 0 Å². The molecule has 0 spiro atoms. The Morgan fingerprint density at radius 1 is 1.09 bits per heavy atom. The Morgan fingerprint density at radius 2 is 1.87 bits per heavy atom. The number of hydrogen-bond acceptors (Lipinski definition) is 4. The fourth-order valence-electron chi connectivity index (χ4n) is 1.94. The van der Waals surface area contributed by atoms with Crippen molar-refractivity contribution < 1.29 is 19.0 Å². The first-order valence-electron chi connectivity index (χ1n) is 7.01. The smallest absolute Gasteiger partial charge is 0.294 e. The molecule has 0 unspecified atom stereocenters. The molecule has 0 aliphatic carbocycles. The van der Waals surface area contributed by atoms with Gasteiger partial charge in [0.15, 0.2) is 0 Å². The molecule has 118 valence electrons. The largest absolute Gasteiger partial charge is 0.494 e. The fraction of sp³-hybridized carbons (Fsp3) is 0.118. The SMILES string of the molecule is O=C(Nc1ccc(Oc2ccccc2Cl)cc1)C1=COCCO1. The van der Waals surface area contributed by atoms with Gasteiger partial charge < -0.3 is 19.5 Å². The van der Waals surface area contributed by atoms with E-state index in [0.29, 0.717) is 35.4 Å². The maximum atomic E-state index is 12.0. The van der Waals surface area contributed by atoms with Gasteiger partial charge in [0.25, 0.3) is 5.91 Å². The first-order valence-corrected chi connectivity index (χ1v) is 7.38. The summed E-state index contributed by atoms with van der Waals surface area (Å²) in [5, 5.41) is 3.25. The van der Waals surface area contributed by atoms with E-state index in [-0.39, 0.29) is 11.7 Å². The van der Waals surface area contributed by atoms with E-state index in [9.17, 15) is 4.79 Å². The lowest BCUT2D eigenvalue weighted by atomic mass is 10.3. The Morgan fingerprint density at radius 3 is 2.57 bits per heavy atom. The predicted molar refractivity (Wildman–Crippen MR) is 86.6 cm³/mol. The normalized spacial score (nSPS) is 13.3. The van der Waals surface area contributed by atoms with Gasteiger partial charge in [0.1, 0.15) is 31.0 Å². The van der Waals surface area contributed by atoms with Crippen LogP contribution >= 0.6 is 11.6 Å². The molecule has 5 nitrogen and oxygen atoms in total. The Hall–Kier alpha value is -2.66. The van der Waals surface area contributed by atoms with Crippen LogP contribution in [0.2, 0.25) is 5.02 Å². The highest BCUT2D eigenvalue weighted by Crippen LogP contribution is 2.29. The molecular weight excluding hydrogens is 318 g/mol. The average Bonchev–Trinajstić information content (AvgIpc) is 2.59. The third-order valence-electron chi connectivity index (χ3n) is 3.05. The van der Waals surface area contributed by atoms with Crippen LogP contribution in [0.4, 0.5) is 5.69 Å². The Bertz CT molecular complexity index is 728. The molecule has 6 heteroatoms. The minimum Gasteiger partial charge on any atom is -0.494 e. The van der Waals surface area contributed by atoms with Crippen LogP contribution in [0.3, 0.4) is 0 Å². The molecule has 0 bridgehead atoms. The second-order valence-electron chi connectivity index (χ2n) is 4.71. The summed E-state index contributed by atoms with van der Waals surface area (Å²) in [4.78, 5) is 12.0. The predicted octanol–water partition coefficient (Wildman–Crippen LogP) is 3.96. The van der Waals surface area contributed by atoms with E-state index in [1.54, 1.807) is 36.4 Å². The zero-order valence-electron chi connectivity index (χ0n) is 12.1. The molecule has 0 saturated carbocycles. The molecule has 2 aromatic rings. The van der Waals surface area contributed by atoms with E-state index in [2.05, 4.69) is 5.32 Å². The standard InChI is InChI=1S/C17H14ClNO4/c18-14-3-1-2-4-15(14)23-13-7-5-12(6-8-13)19-17(20)16-11-21-9-10-22-16/h1-8,11H,9-10H2,(H,19,20). The van der Waals surface area contributed by atoms with Crippen LogP contribution in [0.15, 0.2) is 60.6 Å². The zero-order valence-corrected chi connectivity index (χ0v) is 12.9. The summed E-state index contributed by atoms with van der Waals surface area (Å²) in [6, 6.07) is 14.2. The van der Waals surface area contributed by atoms with Crippen molar-refractivity contribution in [2.75, 3.05) is 18.5 Å². The summed E-state index contributed by atoms with van der Waals surface area (Å²) in [5.74, 6) is 0.994. The van der Waals surface area contributed by atoms with Gasteiger partial charge in [-0.1, -0.05) is 23.7 Å². The van der Waals surface area contributed by atoms with Gasteiger partial charge in [-0.15, -0.1) is 0 Å². The van der Waals surface area contributed by atoms with Crippen molar-refractivity contribution in [1.29, 1.82) is 0 Å². The lowest BCUT2D eigenvalue weighted by Gasteiger charge is -2.15. The highest BCUT2D eigenvalue weighted by molar-refractivity contribution is 6.32. The number of amides is 1. The van der Waals surface area contributed by atoms with Gasteiger partial charge in [-0.2, -0.15) is 0 Å². The number of para-hydroxylation sites is 1. The van der Waals surface area contributed by atoms with Crippen LogP contribution in [0.5, 0.6) is 11.5 Å². The van der Waals surface area contributed by atoms with Gasteiger partial charge in [0, 0.05) is 5.69 Å². The lowest BCUT2D eigenvalue weighted by Crippen LogP contribution is -2.21. The molecule has 1 N–H and O–H groups in total. The number of hydrogen-bond donors (Lipinski definition) is 1. The van der Waals surface area contributed by atoms with Crippen LogP contribution in [-0.4, -0.2) is 19.1 Å². The van der Waals surface area contributed by atoms with Crippen LogP contribution < -0.4 is 10.1 Å². The molecule has 0 fully saturated rings. The monoisotopic (exact) mass is 331 g/mol. The number of nitrogens with one attached hydrogen (secondary N) is 1. The van der Waals surface area contributed by atoms with E-state index < -0.39 is 0 Å². The summed E-state index contributed by atoms with van der Waals surface area (Å²) in [6.45, 7) is 0.814. The minimum atomic E-state index is -0.357. The van der Waals surface area contributed by atoms with Crippen LogP contribution in [0.1, 0.15) is 0 Å². The molecule has 23 heavy (non-hydrogen) atoms. The summed E-state index contributed by atoms with van der Waals surface area (Å²) in [6.07, 6.45) is 1.31. The lowest BCUT2D eigenvalue weighted by molar-refractivity contribution is -0.117. The minimum absolute atomic E-state index is 0.160. The molecule has 0 radical (unpaired) electrons. The molecule has 3 rings (SSSR count). The Balaban J connectivity index is 1.64. The third-order valence-corrected chi connectivity index (χ3v) is 3.36. The molecule has 1 amide bonds. The van der Waals surface area contributed by atoms with Gasteiger partial charge in [-0.3, -0.25) is 4.79 Å². The zero-order chi connectivity index (χ0) is 16.1. The number of benzene rings is 2. The quantitative estimate of drug-likeness (QED) is 0.921. The number of ether oxygens (including phenoxy) is 3. The molecule has 1 aliphatic rings. The van der Waals surface area contributed by atoms with E-state index >= 15 is 0 Å². The van der Waals surface area contributed by atoms with Crippen molar-refractivity contribution in [2.45, 2.75) is 0 Å². The van der Waals surface area contributed by atoms with Crippen molar-refractivity contribution in [2.24, 2.45) is 0 Å². The molecule has 1 heterocycles. The molecule has 1 aliphatic heterocycles. The summed E-state index contributed by atoms with van der Waals surface area (Å²) in [7, 11) is 0. The number of rotatable bonds is 4. The summed E-state index contributed by atoms with van der Waals surface area (Å²) in [5.41, 5.74) is 0.622. The van der Waals surface area contributed by atoms with Crippen LogP contribution in [0.25, 0.3) is 0 Å². The van der Waals surface area contributed by atoms with Crippen molar-refractivity contribution in [3.63, 3.8) is 0 Å².